The standard InChI is InChI=1S/C19H24FN3O/c20-17-6-5-7-18(16(17)14-21)22-12-8-15(9-13-22)19(24)23-10-3-1-2-4-11-23/h5-7,15H,1-4,8-13H2. The number of benzene rings is 1. The summed E-state index contributed by atoms with van der Waals surface area (Å²) in [6.07, 6.45) is 6.21. The van der Waals surface area contributed by atoms with Crippen molar-refractivity contribution in [2.24, 2.45) is 5.92 Å². The summed E-state index contributed by atoms with van der Waals surface area (Å²) in [4.78, 5) is 16.8. The number of carbonyl (C=O) groups excluding carboxylic acids is 1. The van der Waals surface area contributed by atoms with E-state index in [0.29, 0.717) is 18.8 Å². The molecule has 0 unspecified atom stereocenters. The molecule has 0 atom stereocenters. The molecule has 2 fully saturated rings. The van der Waals surface area contributed by atoms with Gasteiger partial charge in [0.05, 0.1) is 5.69 Å². The number of carbonyl (C=O) groups is 1. The summed E-state index contributed by atoms with van der Waals surface area (Å²) < 4.78 is 13.8. The maximum atomic E-state index is 13.8. The zero-order chi connectivity index (χ0) is 16.9. The van der Waals surface area contributed by atoms with Crippen LogP contribution in [0.2, 0.25) is 0 Å². The molecule has 2 saturated heterocycles. The van der Waals surface area contributed by atoms with E-state index in [2.05, 4.69) is 0 Å². The van der Waals surface area contributed by atoms with E-state index >= 15 is 0 Å². The van der Waals surface area contributed by atoms with E-state index in [4.69, 9.17) is 0 Å². The van der Waals surface area contributed by atoms with Crippen molar-refractivity contribution in [1.29, 1.82) is 5.26 Å². The fourth-order valence-electron chi connectivity index (χ4n) is 3.80. The third-order valence-corrected chi connectivity index (χ3v) is 5.21. The van der Waals surface area contributed by atoms with E-state index in [0.717, 1.165) is 38.8 Å². The first-order valence-electron chi connectivity index (χ1n) is 8.93. The second-order valence-corrected chi connectivity index (χ2v) is 6.75. The molecule has 4 nitrogen and oxygen atoms in total. The highest BCUT2D eigenvalue weighted by Crippen LogP contribution is 2.28. The number of hydrogen-bond acceptors (Lipinski definition) is 3. The highest BCUT2D eigenvalue weighted by Gasteiger charge is 2.29. The third-order valence-electron chi connectivity index (χ3n) is 5.21. The molecule has 0 N–H and O–H groups in total. The number of rotatable bonds is 2. The van der Waals surface area contributed by atoms with Crippen molar-refractivity contribution in [1.82, 2.24) is 4.90 Å². The van der Waals surface area contributed by atoms with Gasteiger partial charge >= 0.3 is 0 Å². The van der Waals surface area contributed by atoms with E-state index in [-0.39, 0.29) is 17.4 Å². The average molecular weight is 329 g/mol. The van der Waals surface area contributed by atoms with E-state index < -0.39 is 5.82 Å². The molecule has 128 valence electrons. The van der Waals surface area contributed by atoms with Gasteiger partial charge in [0.15, 0.2) is 0 Å². The first kappa shape index (κ1) is 16.8. The molecule has 0 aliphatic carbocycles. The average Bonchev–Trinajstić information content (AvgIpc) is 2.90. The lowest BCUT2D eigenvalue weighted by atomic mass is 9.94. The Morgan fingerprint density at radius 3 is 2.38 bits per heavy atom. The third kappa shape index (κ3) is 3.53. The van der Waals surface area contributed by atoms with Crippen LogP contribution >= 0.6 is 0 Å². The fraction of sp³-hybridized carbons (Fsp3) is 0.579. The lowest BCUT2D eigenvalue weighted by molar-refractivity contribution is -0.136. The molecule has 3 rings (SSSR count). The predicted octanol–water partition coefficient (Wildman–Crippen LogP) is 3.32. The van der Waals surface area contributed by atoms with Gasteiger partial charge in [-0.25, -0.2) is 4.39 Å². The van der Waals surface area contributed by atoms with Gasteiger partial charge in [-0.3, -0.25) is 4.79 Å². The van der Waals surface area contributed by atoms with Crippen molar-refractivity contribution in [3.05, 3.63) is 29.6 Å². The summed E-state index contributed by atoms with van der Waals surface area (Å²) in [5.41, 5.74) is 0.757. The molecule has 0 saturated carbocycles. The molecule has 24 heavy (non-hydrogen) atoms. The van der Waals surface area contributed by atoms with Crippen LogP contribution in [0.4, 0.5) is 10.1 Å². The quantitative estimate of drug-likeness (QED) is 0.836. The summed E-state index contributed by atoms with van der Waals surface area (Å²) in [5, 5.41) is 9.19. The number of hydrogen-bond donors (Lipinski definition) is 0. The Morgan fingerprint density at radius 2 is 1.75 bits per heavy atom. The van der Waals surface area contributed by atoms with Gasteiger partial charge in [-0.15, -0.1) is 0 Å². The predicted molar refractivity (Wildman–Crippen MR) is 91.1 cm³/mol. The molecule has 2 aliphatic rings. The normalized spacial score (nSPS) is 19.7. The summed E-state index contributed by atoms with van der Waals surface area (Å²) in [6.45, 7) is 3.17. The molecule has 2 heterocycles. The Balaban J connectivity index is 1.63. The maximum Gasteiger partial charge on any atom is 0.225 e. The van der Waals surface area contributed by atoms with Gasteiger partial charge in [0.1, 0.15) is 17.4 Å². The molecule has 0 aromatic heterocycles. The second-order valence-electron chi connectivity index (χ2n) is 6.75. The monoisotopic (exact) mass is 329 g/mol. The number of likely N-dealkylation sites (tertiary alicyclic amines) is 1. The van der Waals surface area contributed by atoms with Crippen molar-refractivity contribution in [3.63, 3.8) is 0 Å². The SMILES string of the molecule is N#Cc1c(F)cccc1N1CCC(C(=O)N2CCCCCC2)CC1. The molecule has 1 aromatic carbocycles. The zero-order valence-electron chi connectivity index (χ0n) is 14.0. The minimum atomic E-state index is -0.474. The molecule has 1 amide bonds. The molecule has 1 aromatic rings. The summed E-state index contributed by atoms with van der Waals surface area (Å²) in [5.74, 6) is -0.118. The van der Waals surface area contributed by atoms with Gasteiger partial charge in [0.2, 0.25) is 5.91 Å². The Kier molecular flexibility index (Phi) is 5.34. The summed E-state index contributed by atoms with van der Waals surface area (Å²) >= 11 is 0. The minimum Gasteiger partial charge on any atom is -0.370 e. The van der Waals surface area contributed by atoms with Crippen LogP contribution in [0.1, 0.15) is 44.1 Å². The van der Waals surface area contributed by atoms with Crippen LogP contribution in [0.5, 0.6) is 0 Å². The lowest BCUT2D eigenvalue weighted by Gasteiger charge is -2.35. The number of amides is 1. The van der Waals surface area contributed by atoms with E-state index in [1.165, 1.54) is 18.9 Å². The van der Waals surface area contributed by atoms with Crippen molar-refractivity contribution in [2.45, 2.75) is 38.5 Å². The van der Waals surface area contributed by atoms with Crippen LogP contribution in [0, 0.1) is 23.1 Å². The highest BCUT2D eigenvalue weighted by atomic mass is 19.1. The van der Waals surface area contributed by atoms with Gasteiger partial charge in [0, 0.05) is 32.1 Å². The fourth-order valence-corrected chi connectivity index (χ4v) is 3.80. The van der Waals surface area contributed by atoms with Crippen LogP contribution in [0.3, 0.4) is 0 Å². The maximum absolute atomic E-state index is 13.8. The topological polar surface area (TPSA) is 47.3 Å². The Hall–Kier alpha value is -2.09. The van der Waals surface area contributed by atoms with Crippen molar-refractivity contribution < 1.29 is 9.18 Å². The van der Waals surface area contributed by atoms with E-state index in [1.54, 1.807) is 12.1 Å². The van der Waals surface area contributed by atoms with E-state index in [1.807, 2.05) is 15.9 Å². The smallest absolute Gasteiger partial charge is 0.225 e. The zero-order valence-corrected chi connectivity index (χ0v) is 14.0. The molecular formula is C19H24FN3O. The molecule has 2 aliphatic heterocycles. The highest BCUT2D eigenvalue weighted by molar-refractivity contribution is 5.79. The van der Waals surface area contributed by atoms with Crippen LogP contribution in [-0.4, -0.2) is 37.0 Å². The number of nitriles is 1. The number of halogens is 1. The number of anilines is 1. The number of piperidine rings is 1. The van der Waals surface area contributed by atoms with E-state index in [9.17, 15) is 14.4 Å². The molecule has 0 bridgehead atoms. The van der Waals surface area contributed by atoms with Crippen LogP contribution in [0.25, 0.3) is 0 Å². The molecule has 0 spiro atoms. The Labute approximate surface area is 142 Å². The number of nitrogens with zero attached hydrogens (tertiary/aromatic N) is 3. The lowest BCUT2D eigenvalue weighted by Crippen LogP contribution is -2.43. The first-order valence-corrected chi connectivity index (χ1v) is 8.93. The van der Waals surface area contributed by atoms with Gasteiger partial charge in [-0.05, 0) is 37.8 Å². The van der Waals surface area contributed by atoms with Crippen molar-refractivity contribution in [2.75, 3.05) is 31.1 Å². The van der Waals surface area contributed by atoms with Crippen LogP contribution < -0.4 is 4.90 Å². The summed E-state index contributed by atoms with van der Waals surface area (Å²) in [7, 11) is 0. The van der Waals surface area contributed by atoms with Gasteiger partial charge < -0.3 is 9.80 Å². The molecule has 0 radical (unpaired) electrons. The van der Waals surface area contributed by atoms with Gasteiger partial charge in [-0.1, -0.05) is 18.9 Å². The molecule has 5 heteroatoms. The first-order chi connectivity index (χ1) is 11.7. The summed E-state index contributed by atoms with van der Waals surface area (Å²) in [6, 6.07) is 6.71. The molecular weight excluding hydrogens is 305 g/mol. The Bertz CT molecular complexity index is 624. The van der Waals surface area contributed by atoms with Crippen molar-refractivity contribution in [3.8, 4) is 6.07 Å². The second kappa shape index (κ2) is 7.65. The van der Waals surface area contributed by atoms with Crippen molar-refractivity contribution >= 4 is 11.6 Å². The minimum absolute atomic E-state index is 0.0680. The van der Waals surface area contributed by atoms with Gasteiger partial charge in [-0.2, -0.15) is 5.26 Å². The van der Waals surface area contributed by atoms with Crippen LogP contribution in [0.15, 0.2) is 18.2 Å². The van der Waals surface area contributed by atoms with Crippen LogP contribution in [-0.2, 0) is 4.79 Å². The largest absolute Gasteiger partial charge is 0.370 e. The van der Waals surface area contributed by atoms with Gasteiger partial charge in [0.25, 0.3) is 0 Å². The Morgan fingerprint density at radius 1 is 1.08 bits per heavy atom.